The van der Waals surface area contributed by atoms with E-state index in [1.54, 1.807) is 24.0 Å². The van der Waals surface area contributed by atoms with Crippen LogP contribution in [0.5, 0.6) is 0 Å². The first kappa shape index (κ1) is 10.4. The molecular formula is C9H9ClN4S. The van der Waals surface area contributed by atoms with Gasteiger partial charge in [0.25, 0.3) is 0 Å². The lowest BCUT2D eigenvalue weighted by molar-refractivity contribution is 0.969. The van der Waals surface area contributed by atoms with Crippen molar-refractivity contribution in [2.24, 2.45) is 0 Å². The van der Waals surface area contributed by atoms with Gasteiger partial charge in [0, 0.05) is 11.9 Å². The number of pyridine rings is 1. The van der Waals surface area contributed by atoms with Crippen LogP contribution in [0.15, 0.2) is 23.5 Å². The Morgan fingerprint density at radius 1 is 1.47 bits per heavy atom. The fraction of sp³-hybridized carbons (Fsp3) is 0.222. The molecule has 0 atom stereocenters. The van der Waals surface area contributed by atoms with Crippen molar-refractivity contribution in [2.75, 3.05) is 0 Å². The van der Waals surface area contributed by atoms with Crippen LogP contribution in [0, 0.1) is 6.92 Å². The molecule has 15 heavy (non-hydrogen) atoms. The van der Waals surface area contributed by atoms with Crippen LogP contribution in [0.1, 0.15) is 11.4 Å². The molecule has 0 aliphatic heterocycles. The molecule has 0 fully saturated rings. The summed E-state index contributed by atoms with van der Waals surface area (Å²) in [5.74, 6) is 1.62. The fourth-order valence-corrected chi connectivity index (χ4v) is 1.92. The lowest BCUT2D eigenvalue weighted by Gasteiger charge is -1.97. The average molecular weight is 241 g/mol. The molecule has 6 heteroatoms. The number of aromatic nitrogens is 4. The van der Waals surface area contributed by atoms with E-state index in [2.05, 4.69) is 20.2 Å². The second kappa shape index (κ2) is 4.63. The van der Waals surface area contributed by atoms with Gasteiger partial charge in [0.1, 0.15) is 11.0 Å². The van der Waals surface area contributed by atoms with E-state index in [1.807, 2.05) is 13.0 Å². The minimum Gasteiger partial charge on any atom is -0.262 e. The zero-order chi connectivity index (χ0) is 10.7. The highest BCUT2D eigenvalue weighted by atomic mass is 35.5. The van der Waals surface area contributed by atoms with Crippen molar-refractivity contribution in [1.82, 2.24) is 20.2 Å². The first-order chi connectivity index (χ1) is 7.24. The molecule has 2 heterocycles. The zero-order valence-corrected chi connectivity index (χ0v) is 9.64. The number of hydrogen-bond acceptors (Lipinski definition) is 4. The van der Waals surface area contributed by atoms with Gasteiger partial charge < -0.3 is 0 Å². The number of nitrogens with one attached hydrogen (secondary N) is 1. The molecule has 0 bridgehead atoms. The van der Waals surface area contributed by atoms with Gasteiger partial charge in [-0.3, -0.25) is 5.10 Å². The van der Waals surface area contributed by atoms with Gasteiger partial charge >= 0.3 is 0 Å². The lowest BCUT2D eigenvalue weighted by atomic mass is 10.3. The second-order valence-electron chi connectivity index (χ2n) is 2.98. The maximum atomic E-state index is 5.68. The molecule has 0 spiro atoms. The van der Waals surface area contributed by atoms with Gasteiger partial charge in [-0.2, -0.15) is 0 Å². The smallest absolute Gasteiger partial charge is 0.208 e. The Bertz CT molecular complexity index is 440. The van der Waals surface area contributed by atoms with Gasteiger partial charge in [0.2, 0.25) is 5.16 Å². The molecule has 2 rings (SSSR count). The molecule has 0 unspecified atom stereocenters. The van der Waals surface area contributed by atoms with Crippen molar-refractivity contribution >= 4 is 23.4 Å². The van der Waals surface area contributed by atoms with E-state index >= 15 is 0 Å². The molecule has 0 aliphatic rings. The first-order valence-corrected chi connectivity index (χ1v) is 5.72. The third kappa shape index (κ3) is 2.94. The highest BCUT2D eigenvalue weighted by Gasteiger charge is 2.01. The largest absolute Gasteiger partial charge is 0.262 e. The molecule has 1 N–H and O–H groups in total. The molecule has 0 radical (unpaired) electrons. The minimum absolute atomic E-state index is 0.512. The Labute approximate surface area is 96.5 Å². The SMILES string of the molecule is Cc1nc(SCc2ccc(Cl)nc2)n[nH]1. The maximum Gasteiger partial charge on any atom is 0.208 e. The molecule has 0 amide bonds. The van der Waals surface area contributed by atoms with Gasteiger partial charge in [-0.1, -0.05) is 29.4 Å². The van der Waals surface area contributed by atoms with E-state index in [0.717, 1.165) is 22.3 Å². The fourth-order valence-electron chi connectivity index (χ4n) is 1.03. The monoisotopic (exact) mass is 240 g/mol. The van der Waals surface area contributed by atoms with Crippen molar-refractivity contribution in [1.29, 1.82) is 0 Å². The Kier molecular flexibility index (Phi) is 3.23. The topological polar surface area (TPSA) is 54.5 Å². The Morgan fingerprint density at radius 3 is 2.93 bits per heavy atom. The third-order valence-corrected chi connectivity index (χ3v) is 2.88. The van der Waals surface area contributed by atoms with E-state index in [1.165, 1.54) is 0 Å². The quantitative estimate of drug-likeness (QED) is 0.662. The van der Waals surface area contributed by atoms with Crippen molar-refractivity contribution in [3.63, 3.8) is 0 Å². The summed E-state index contributed by atoms with van der Waals surface area (Å²) in [6.07, 6.45) is 1.76. The third-order valence-electron chi connectivity index (χ3n) is 1.73. The molecule has 2 aromatic rings. The predicted octanol–water partition coefficient (Wildman–Crippen LogP) is 2.45. The van der Waals surface area contributed by atoms with Crippen LogP contribution < -0.4 is 0 Å². The zero-order valence-electron chi connectivity index (χ0n) is 8.07. The highest BCUT2D eigenvalue weighted by molar-refractivity contribution is 7.98. The van der Waals surface area contributed by atoms with Crippen LogP contribution in [-0.2, 0) is 5.75 Å². The molecule has 0 saturated heterocycles. The van der Waals surface area contributed by atoms with E-state index in [4.69, 9.17) is 11.6 Å². The van der Waals surface area contributed by atoms with Crippen LogP contribution in [0.4, 0.5) is 0 Å². The lowest BCUT2D eigenvalue weighted by Crippen LogP contribution is -1.84. The number of H-pyrrole nitrogens is 1. The first-order valence-electron chi connectivity index (χ1n) is 4.36. The maximum absolute atomic E-state index is 5.68. The predicted molar refractivity (Wildman–Crippen MR) is 59.9 cm³/mol. The number of aromatic amines is 1. The number of aryl methyl sites for hydroxylation is 1. The Morgan fingerprint density at radius 2 is 2.33 bits per heavy atom. The van der Waals surface area contributed by atoms with Crippen LogP contribution >= 0.6 is 23.4 Å². The second-order valence-corrected chi connectivity index (χ2v) is 4.31. The van der Waals surface area contributed by atoms with Crippen molar-refractivity contribution < 1.29 is 0 Å². The normalized spacial score (nSPS) is 10.5. The number of hydrogen-bond donors (Lipinski definition) is 1. The van der Waals surface area contributed by atoms with Crippen molar-refractivity contribution in [3.05, 3.63) is 34.9 Å². The minimum atomic E-state index is 0.512. The van der Waals surface area contributed by atoms with E-state index < -0.39 is 0 Å². The molecule has 78 valence electrons. The summed E-state index contributed by atoms with van der Waals surface area (Å²) in [5.41, 5.74) is 1.10. The molecular weight excluding hydrogens is 232 g/mol. The molecule has 2 aromatic heterocycles. The number of rotatable bonds is 3. The van der Waals surface area contributed by atoms with Gasteiger partial charge in [-0.25, -0.2) is 9.97 Å². The number of thioether (sulfide) groups is 1. The van der Waals surface area contributed by atoms with Gasteiger partial charge in [0.05, 0.1) is 0 Å². The molecule has 4 nitrogen and oxygen atoms in total. The summed E-state index contributed by atoms with van der Waals surface area (Å²) >= 11 is 7.25. The molecule has 0 saturated carbocycles. The molecule has 0 aromatic carbocycles. The van der Waals surface area contributed by atoms with Gasteiger partial charge in [0.15, 0.2) is 0 Å². The summed E-state index contributed by atoms with van der Waals surface area (Å²) in [6.45, 7) is 1.88. The summed E-state index contributed by atoms with van der Waals surface area (Å²) in [4.78, 5) is 8.19. The standard InChI is InChI=1S/C9H9ClN4S/c1-6-12-9(14-13-6)15-5-7-2-3-8(10)11-4-7/h2-4H,5H2,1H3,(H,12,13,14). The summed E-state index contributed by atoms with van der Waals surface area (Å²) in [5, 5.41) is 8.09. The van der Waals surface area contributed by atoms with E-state index in [-0.39, 0.29) is 0 Å². The van der Waals surface area contributed by atoms with Crippen molar-refractivity contribution in [3.8, 4) is 0 Å². The van der Waals surface area contributed by atoms with Gasteiger partial charge in [-0.05, 0) is 18.6 Å². The summed E-state index contributed by atoms with van der Waals surface area (Å²) in [7, 11) is 0. The highest BCUT2D eigenvalue weighted by Crippen LogP contribution is 2.18. The van der Waals surface area contributed by atoms with E-state index in [0.29, 0.717) is 5.15 Å². The van der Waals surface area contributed by atoms with Gasteiger partial charge in [-0.15, -0.1) is 5.10 Å². The van der Waals surface area contributed by atoms with E-state index in [9.17, 15) is 0 Å². The van der Waals surface area contributed by atoms with Crippen LogP contribution in [0.25, 0.3) is 0 Å². The molecule has 0 aliphatic carbocycles. The number of nitrogens with zero attached hydrogens (tertiary/aromatic N) is 3. The summed E-state index contributed by atoms with van der Waals surface area (Å²) < 4.78 is 0. The van der Waals surface area contributed by atoms with Crippen LogP contribution in [0.3, 0.4) is 0 Å². The van der Waals surface area contributed by atoms with Crippen LogP contribution in [-0.4, -0.2) is 20.2 Å². The van der Waals surface area contributed by atoms with Crippen LogP contribution in [0.2, 0.25) is 5.15 Å². The Hall–Kier alpha value is -1.07. The average Bonchev–Trinajstić information content (AvgIpc) is 2.64. The Balaban J connectivity index is 1.96. The summed E-state index contributed by atoms with van der Waals surface area (Å²) in [6, 6.07) is 3.72. The number of halogens is 1. The van der Waals surface area contributed by atoms with Crippen molar-refractivity contribution in [2.45, 2.75) is 17.8 Å².